The minimum atomic E-state index is 0.605. The van der Waals surface area contributed by atoms with E-state index in [2.05, 4.69) is 53.3 Å². The van der Waals surface area contributed by atoms with E-state index in [1.54, 1.807) is 0 Å². The zero-order valence-corrected chi connectivity index (χ0v) is 14.2. The van der Waals surface area contributed by atoms with Crippen LogP contribution in [-0.2, 0) is 0 Å². The molecular formula is C17H26BrNO. The van der Waals surface area contributed by atoms with E-state index in [0.29, 0.717) is 5.92 Å². The van der Waals surface area contributed by atoms with Gasteiger partial charge >= 0.3 is 0 Å². The van der Waals surface area contributed by atoms with Crippen molar-refractivity contribution < 1.29 is 4.74 Å². The number of piperidine rings is 1. The number of rotatable bonds is 6. The summed E-state index contributed by atoms with van der Waals surface area (Å²) < 4.78 is 7.01. The van der Waals surface area contributed by atoms with E-state index in [9.17, 15) is 0 Å². The summed E-state index contributed by atoms with van der Waals surface area (Å²) in [6.07, 6.45) is 4.95. The minimum absolute atomic E-state index is 0.605. The summed E-state index contributed by atoms with van der Waals surface area (Å²) in [7, 11) is 0. The highest BCUT2D eigenvalue weighted by molar-refractivity contribution is 9.10. The first-order valence-corrected chi connectivity index (χ1v) is 8.63. The number of ether oxygens (including phenoxy) is 1. The van der Waals surface area contributed by atoms with Crippen LogP contribution in [0.25, 0.3) is 0 Å². The van der Waals surface area contributed by atoms with Crippen LogP contribution in [-0.4, -0.2) is 19.7 Å². The molecule has 0 aliphatic carbocycles. The van der Waals surface area contributed by atoms with E-state index in [1.807, 2.05) is 0 Å². The molecule has 1 aromatic carbocycles. The van der Waals surface area contributed by atoms with Crippen LogP contribution in [0.15, 0.2) is 22.7 Å². The van der Waals surface area contributed by atoms with E-state index in [4.69, 9.17) is 4.74 Å². The normalized spacial score (nSPS) is 20.6. The van der Waals surface area contributed by atoms with Crippen LogP contribution in [0, 0.1) is 5.92 Å². The molecule has 1 saturated heterocycles. The Balaban J connectivity index is 1.83. The molecule has 1 aromatic rings. The van der Waals surface area contributed by atoms with Gasteiger partial charge in [-0.2, -0.15) is 0 Å². The molecule has 1 heterocycles. The predicted molar refractivity (Wildman–Crippen MR) is 88.6 cm³/mol. The third kappa shape index (κ3) is 4.49. The zero-order valence-electron chi connectivity index (χ0n) is 12.6. The quantitative estimate of drug-likeness (QED) is 0.808. The Hall–Kier alpha value is -0.540. The first-order chi connectivity index (χ1) is 9.70. The fraction of sp³-hybridized carbons (Fsp3) is 0.647. The number of nitrogens with one attached hydrogen (secondary N) is 1. The lowest BCUT2D eigenvalue weighted by molar-refractivity contribution is 0.253. The third-order valence-corrected chi connectivity index (χ3v) is 4.94. The van der Waals surface area contributed by atoms with Gasteiger partial charge in [-0.25, -0.2) is 0 Å². The van der Waals surface area contributed by atoms with Gasteiger partial charge in [-0.05, 0) is 84.2 Å². The summed E-state index contributed by atoms with van der Waals surface area (Å²) in [4.78, 5) is 0. The number of benzene rings is 1. The second-order valence-corrected chi connectivity index (χ2v) is 6.70. The van der Waals surface area contributed by atoms with E-state index in [1.165, 1.54) is 31.4 Å². The van der Waals surface area contributed by atoms with Crippen molar-refractivity contribution in [3.05, 3.63) is 28.2 Å². The smallest absolute Gasteiger partial charge is 0.133 e. The van der Waals surface area contributed by atoms with E-state index in [-0.39, 0.29) is 0 Å². The summed E-state index contributed by atoms with van der Waals surface area (Å²) >= 11 is 3.63. The Morgan fingerprint density at radius 3 is 2.95 bits per heavy atom. The molecule has 1 N–H and O–H groups in total. The molecule has 3 heteroatoms. The SMILES string of the molecule is CC[C@@H](C)c1ccc(OCC[C@@H]2CCCNC2)c(Br)c1. The molecule has 20 heavy (non-hydrogen) atoms. The largest absolute Gasteiger partial charge is 0.492 e. The third-order valence-electron chi connectivity index (χ3n) is 4.32. The summed E-state index contributed by atoms with van der Waals surface area (Å²) in [5.74, 6) is 2.36. The highest BCUT2D eigenvalue weighted by atomic mass is 79.9. The van der Waals surface area contributed by atoms with Gasteiger partial charge in [0.2, 0.25) is 0 Å². The topological polar surface area (TPSA) is 21.3 Å². The molecule has 2 atom stereocenters. The first-order valence-electron chi connectivity index (χ1n) is 7.83. The standard InChI is InChI=1S/C17H26BrNO/c1-3-13(2)15-6-7-17(16(18)11-15)20-10-8-14-5-4-9-19-12-14/h6-7,11,13-14,19H,3-5,8-10,12H2,1-2H3/t13-,14+/m1/s1. The maximum Gasteiger partial charge on any atom is 0.133 e. The molecule has 0 saturated carbocycles. The van der Waals surface area contributed by atoms with Gasteiger partial charge in [-0.1, -0.05) is 19.9 Å². The highest BCUT2D eigenvalue weighted by Crippen LogP contribution is 2.30. The van der Waals surface area contributed by atoms with Crippen molar-refractivity contribution in [1.29, 1.82) is 0 Å². The van der Waals surface area contributed by atoms with Gasteiger partial charge in [-0.3, -0.25) is 0 Å². The van der Waals surface area contributed by atoms with Gasteiger partial charge in [0, 0.05) is 0 Å². The predicted octanol–water partition coefficient (Wildman–Crippen LogP) is 4.73. The minimum Gasteiger partial charge on any atom is -0.492 e. The van der Waals surface area contributed by atoms with Crippen LogP contribution < -0.4 is 10.1 Å². The van der Waals surface area contributed by atoms with Gasteiger partial charge in [0.25, 0.3) is 0 Å². The van der Waals surface area contributed by atoms with Crippen molar-refractivity contribution in [1.82, 2.24) is 5.32 Å². The number of halogens is 1. The second kappa shape index (κ2) is 8.04. The molecule has 2 rings (SSSR count). The lowest BCUT2D eigenvalue weighted by atomic mass is 9.97. The molecule has 2 nitrogen and oxygen atoms in total. The van der Waals surface area contributed by atoms with Crippen molar-refractivity contribution in [3.63, 3.8) is 0 Å². The van der Waals surface area contributed by atoms with Crippen molar-refractivity contribution in [2.45, 2.75) is 45.4 Å². The number of hydrogen-bond donors (Lipinski definition) is 1. The van der Waals surface area contributed by atoms with E-state index >= 15 is 0 Å². The maximum atomic E-state index is 5.93. The molecule has 1 fully saturated rings. The molecule has 0 radical (unpaired) electrons. The zero-order chi connectivity index (χ0) is 14.4. The summed E-state index contributed by atoms with van der Waals surface area (Å²) in [5.41, 5.74) is 1.38. The van der Waals surface area contributed by atoms with Gasteiger partial charge in [0.05, 0.1) is 11.1 Å². The average Bonchev–Trinajstić information content (AvgIpc) is 2.49. The van der Waals surface area contributed by atoms with Gasteiger partial charge in [0.15, 0.2) is 0 Å². The Kier molecular flexibility index (Phi) is 6.37. The van der Waals surface area contributed by atoms with Crippen molar-refractivity contribution in [2.24, 2.45) is 5.92 Å². The molecule has 0 spiro atoms. The molecule has 112 valence electrons. The number of hydrogen-bond acceptors (Lipinski definition) is 2. The summed E-state index contributed by atoms with van der Waals surface area (Å²) in [5, 5.41) is 3.46. The second-order valence-electron chi connectivity index (χ2n) is 5.85. The molecular weight excluding hydrogens is 314 g/mol. The van der Waals surface area contributed by atoms with Crippen LogP contribution in [0.5, 0.6) is 5.75 Å². The fourth-order valence-corrected chi connectivity index (χ4v) is 3.19. The fourth-order valence-electron chi connectivity index (χ4n) is 2.68. The highest BCUT2D eigenvalue weighted by Gasteiger charge is 2.13. The van der Waals surface area contributed by atoms with Crippen LogP contribution >= 0.6 is 15.9 Å². The molecule has 0 bridgehead atoms. The summed E-state index contributed by atoms with van der Waals surface area (Å²) in [6.45, 7) is 7.63. The van der Waals surface area contributed by atoms with Crippen LogP contribution in [0.1, 0.15) is 51.0 Å². The molecule has 1 aliphatic heterocycles. The average molecular weight is 340 g/mol. The monoisotopic (exact) mass is 339 g/mol. The Labute approximate surface area is 131 Å². The maximum absolute atomic E-state index is 5.93. The summed E-state index contributed by atoms with van der Waals surface area (Å²) in [6, 6.07) is 6.49. The van der Waals surface area contributed by atoms with Gasteiger partial charge in [-0.15, -0.1) is 0 Å². The van der Waals surface area contributed by atoms with Crippen LogP contribution in [0.4, 0.5) is 0 Å². The van der Waals surface area contributed by atoms with Crippen LogP contribution in [0.2, 0.25) is 0 Å². The Morgan fingerprint density at radius 2 is 2.30 bits per heavy atom. The lowest BCUT2D eigenvalue weighted by Gasteiger charge is -2.22. The van der Waals surface area contributed by atoms with Crippen molar-refractivity contribution in [3.8, 4) is 5.75 Å². The molecule has 0 aromatic heterocycles. The van der Waals surface area contributed by atoms with E-state index < -0.39 is 0 Å². The Bertz CT molecular complexity index is 415. The van der Waals surface area contributed by atoms with Crippen LogP contribution in [0.3, 0.4) is 0 Å². The molecule has 0 amide bonds. The lowest BCUT2D eigenvalue weighted by Crippen LogP contribution is -2.30. The molecule has 1 aliphatic rings. The van der Waals surface area contributed by atoms with E-state index in [0.717, 1.165) is 35.7 Å². The van der Waals surface area contributed by atoms with Crippen molar-refractivity contribution >= 4 is 15.9 Å². The van der Waals surface area contributed by atoms with Crippen molar-refractivity contribution in [2.75, 3.05) is 19.7 Å². The Morgan fingerprint density at radius 1 is 1.45 bits per heavy atom. The molecule has 0 unspecified atom stereocenters. The van der Waals surface area contributed by atoms with Gasteiger partial charge < -0.3 is 10.1 Å². The van der Waals surface area contributed by atoms with Gasteiger partial charge in [0.1, 0.15) is 5.75 Å². The first kappa shape index (κ1) is 15.8.